The van der Waals surface area contributed by atoms with E-state index in [4.69, 9.17) is 4.74 Å². The van der Waals surface area contributed by atoms with Crippen LogP contribution >= 0.6 is 11.3 Å². The van der Waals surface area contributed by atoms with E-state index in [9.17, 15) is 0 Å². The van der Waals surface area contributed by atoms with Gasteiger partial charge in [-0.25, -0.2) is 4.98 Å². The van der Waals surface area contributed by atoms with Crippen LogP contribution in [0.2, 0.25) is 0 Å². The number of hydrogen-bond acceptors (Lipinski definition) is 5. The molecule has 0 unspecified atom stereocenters. The maximum absolute atomic E-state index is 5.19. The fourth-order valence-corrected chi connectivity index (χ4v) is 3.44. The summed E-state index contributed by atoms with van der Waals surface area (Å²) in [5.41, 5.74) is 8.13. The molecule has 0 amide bonds. The predicted molar refractivity (Wildman–Crippen MR) is 108 cm³/mol. The standard InChI is InChI=1S/C20H18N4OS/c1-13(17-11-21-18-6-4-3-5-16(17)18)23-24-20-22-19(12-26-20)14-7-9-15(25-2)10-8-14/h3-12,21H,1-2H3,(H,22,24)/b23-13+. The highest BCUT2D eigenvalue weighted by Crippen LogP contribution is 2.26. The van der Waals surface area contributed by atoms with Crippen molar-refractivity contribution < 1.29 is 4.74 Å². The number of hydrogen-bond donors (Lipinski definition) is 2. The van der Waals surface area contributed by atoms with Gasteiger partial charge in [0.1, 0.15) is 5.75 Å². The van der Waals surface area contributed by atoms with Gasteiger partial charge in [-0.05, 0) is 37.3 Å². The highest BCUT2D eigenvalue weighted by Gasteiger charge is 2.07. The van der Waals surface area contributed by atoms with Gasteiger partial charge in [-0.15, -0.1) is 11.3 Å². The molecule has 0 fully saturated rings. The zero-order valence-corrected chi connectivity index (χ0v) is 15.3. The monoisotopic (exact) mass is 362 g/mol. The van der Waals surface area contributed by atoms with Crippen LogP contribution in [0.3, 0.4) is 0 Å². The maximum atomic E-state index is 5.19. The Morgan fingerprint density at radius 2 is 1.96 bits per heavy atom. The fourth-order valence-electron chi connectivity index (χ4n) is 2.78. The second-order valence-electron chi connectivity index (χ2n) is 5.82. The number of fused-ring (bicyclic) bond motifs is 1. The van der Waals surface area contributed by atoms with Crippen molar-refractivity contribution in [3.63, 3.8) is 0 Å². The SMILES string of the molecule is COc1ccc(-c2csc(N/N=C(\C)c3c[nH]c4ccccc34)n2)cc1. The molecule has 130 valence electrons. The molecule has 4 aromatic rings. The van der Waals surface area contributed by atoms with Crippen molar-refractivity contribution in [2.75, 3.05) is 12.5 Å². The lowest BCUT2D eigenvalue weighted by Crippen LogP contribution is -1.98. The molecule has 0 saturated carbocycles. The van der Waals surface area contributed by atoms with E-state index in [0.717, 1.165) is 44.3 Å². The molecule has 2 heterocycles. The van der Waals surface area contributed by atoms with Crippen molar-refractivity contribution in [1.82, 2.24) is 9.97 Å². The first-order valence-electron chi connectivity index (χ1n) is 8.21. The third kappa shape index (κ3) is 3.19. The Bertz CT molecular complexity index is 1060. The van der Waals surface area contributed by atoms with Gasteiger partial charge in [0.05, 0.1) is 18.5 Å². The lowest BCUT2D eigenvalue weighted by molar-refractivity contribution is 0.415. The number of nitrogens with one attached hydrogen (secondary N) is 2. The quantitative estimate of drug-likeness (QED) is 0.382. The summed E-state index contributed by atoms with van der Waals surface area (Å²) in [4.78, 5) is 7.87. The van der Waals surface area contributed by atoms with E-state index < -0.39 is 0 Å². The number of aromatic amines is 1. The Morgan fingerprint density at radius 3 is 2.77 bits per heavy atom. The van der Waals surface area contributed by atoms with E-state index in [2.05, 4.69) is 32.6 Å². The number of hydrazone groups is 1. The van der Waals surface area contributed by atoms with Gasteiger partial charge in [0.2, 0.25) is 5.13 Å². The van der Waals surface area contributed by atoms with Gasteiger partial charge in [-0.2, -0.15) is 5.10 Å². The maximum Gasteiger partial charge on any atom is 0.203 e. The third-order valence-electron chi connectivity index (χ3n) is 4.19. The summed E-state index contributed by atoms with van der Waals surface area (Å²) < 4.78 is 5.19. The number of anilines is 1. The summed E-state index contributed by atoms with van der Waals surface area (Å²) in [6.45, 7) is 1.99. The molecule has 0 aliphatic heterocycles. The van der Waals surface area contributed by atoms with E-state index in [1.54, 1.807) is 7.11 Å². The molecule has 2 aromatic heterocycles. The highest BCUT2D eigenvalue weighted by atomic mass is 32.1. The lowest BCUT2D eigenvalue weighted by Gasteiger charge is -2.01. The number of aromatic nitrogens is 2. The zero-order valence-electron chi connectivity index (χ0n) is 14.5. The van der Waals surface area contributed by atoms with E-state index in [-0.39, 0.29) is 0 Å². The van der Waals surface area contributed by atoms with Crippen LogP contribution in [0.5, 0.6) is 5.75 Å². The first-order valence-corrected chi connectivity index (χ1v) is 9.09. The fraction of sp³-hybridized carbons (Fsp3) is 0.100. The summed E-state index contributed by atoms with van der Waals surface area (Å²) in [6, 6.07) is 16.1. The van der Waals surface area contributed by atoms with Gasteiger partial charge in [0, 0.05) is 33.6 Å². The smallest absolute Gasteiger partial charge is 0.203 e. The molecular weight excluding hydrogens is 344 g/mol. The summed E-state index contributed by atoms with van der Waals surface area (Å²) >= 11 is 1.53. The lowest BCUT2D eigenvalue weighted by atomic mass is 10.1. The third-order valence-corrected chi connectivity index (χ3v) is 4.94. The number of ether oxygens (including phenoxy) is 1. The van der Waals surface area contributed by atoms with Crippen LogP contribution in [-0.2, 0) is 0 Å². The Labute approximate surface area is 155 Å². The number of para-hydroxylation sites is 1. The van der Waals surface area contributed by atoms with Crippen molar-refractivity contribution in [3.8, 4) is 17.0 Å². The van der Waals surface area contributed by atoms with Crippen LogP contribution in [0, 0.1) is 0 Å². The van der Waals surface area contributed by atoms with Crippen molar-refractivity contribution in [1.29, 1.82) is 0 Å². The van der Waals surface area contributed by atoms with Gasteiger partial charge in [0.25, 0.3) is 0 Å². The second kappa shape index (κ2) is 7.01. The second-order valence-corrected chi connectivity index (χ2v) is 6.68. The van der Waals surface area contributed by atoms with Crippen LogP contribution in [0.1, 0.15) is 12.5 Å². The molecule has 4 rings (SSSR count). The Morgan fingerprint density at radius 1 is 1.15 bits per heavy atom. The Balaban J connectivity index is 1.52. The molecule has 0 aliphatic carbocycles. The molecule has 0 bridgehead atoms. The van der Waals surface area contributed by atoms with Crippen molar-refractivity contribution in [3.05, 3.63) is 65.7 Å². The number of thiazole rings is 1. The van der Waals surface area contributed by atoms with Crippen LogP contribution < -0.4 is 10.2 Å². The van der Waals surface area contributed by atoms with E-state index in [1.807, 2.05) is 54.9 Å². The van der Waals surface area contributed by atoms with Crippen LogP contribution in [0.25, 0.3) is 22.2 Å². The van der Waals surface area contributed by atoms with Crippen LogP contribution in [0.15, 0.2) is 65.2 Å². The number of rotatable bonds is 5. The summed E-state index contributed by atoms with van der Waals surface area (Å²) in [6.07, 6.45) is 1.98. The van der Waals surface area contributed by atoms with E-state index in [1.165, 1.54) is 11.3 Å². The van der Waals surface area contributed by atoms with Gasteiger partial charge in [-0.3, -0.25) is 5.43 Å². The van der Waals surface area contributed by atoms with Crippen molar-refractivity contribution in [2.24, 2.45) is 5.10 Å². The molecule has 5 nitrogen and oxygen atoms in total. The minimum absolute atomic E-state index is 0.759. The molecule has 6 heteroatoms. The predicted octanol–water partition coefficient (Wildman–Crippen LogP) is 5.14. The summed E-state index contributed by atoms with van der Waals surface area (Å²) in [7, 11) is 1.66. The molecule has 2 aromatic carbocycles. The molecular formula is C20H18N4OS. The topological polar surface area (TPSA) is 62.3 Å². The highest BCUT2D eigenvalue weighted by molar-refractivity contribution is 7.14. The average Bonchev–Trinajstić information content (AvgIpc) is 3.33. The Hall–Kier alpha value is -3.12. The first-order chi connectivity index (χ1) is 12.7. The molecule has 0 saturated heterocycles. The number of methoxy groups -OCH3 is 1. The van der Waals surface area contributed by atoms with E-state index in [0.29, 0.717) is 0 Å². The number of nitrogens with zero attached hydrogens (tertiary/aromatic N) is 2. The zero-order chi connectivity index (χ0) is 17.9. The molecule has 0 spiro atoms. The largest absolute Gasteiger partial charge is 0.497 e. The van der Waals surface area contributed by atoms with Gasteiger partial charge in [-0.1, -0.05) is 18.2 Å². The van der Waals surface area contributed by atoms with E-state index >= 15 is 0 Å². The van der Waals surface area contributed by atoms with Crippen LogP contribution in [-0.4, -0.2) is 22.8 Å². The normalized spacial score (nSPS) is 11.7. The minimum atomic E-state index is 0.759. The number of benzene rings is 2. The summed E-state index contributed by atoms with van der Waals surface area (Å²) in [5.74, 6) is 0.835. The summed E-state index contributed by atoms with van der Waals surface area (Å²) in [5, 5.41) is 8.43. The molecule has 26 heavy (non-hydrogen) atoms. The van der Waals surface area contributed by atoms with Crippen LogP contribution in [0.4, 0.5) is 5.13 Å². The minimum Gasteiger partial charge on any atom is -0.497 e. The molecule has 0 atom stereocenters. The average molecular weight is 362 g/mol. The molecule has 0 radical (unpaired) electrons. The molecule has 0 aliphatic rings. The van der Waals surface area contributed by atoms with Gasteiger partial charge in [0.15, 0.2) is 0 Å². The first kappa shape index (κ1) is 16.4. The molecule has 2 N–H and O–H groups in total. The van der Waals surface area contributed by atoms with Gasteiger partial charge < -0.3 is 9.72 Å². The number of H-pyrrole nitrogens is 1. The van der Waals surface area contributed by atoms with Crippen molar-refractivity contribution >= 4 is 33.1 Å². The Kier molecular flexibility index (Phi) is 4.41. The van der Waals surface area contributed by atoms with Gasteiger partial charge >= 0.3 is 0 Å². The van der Waals surface area contributed by atoms with Crippen molar-refractivity contribution in [2.45, 2.75) is 6.92 Å².